The summed E-state index contributed by atoms with van der Waals surface area (Å²) in [7, 11) is 1.78. The van der Waals surface area contributed by atoms with Crippen LogP contribution in [0.15, 0.2) is 77.9 Å². The van der Waals surface area contributed by atoms with E-state index < -0.39 is 0 Å². The van der Waals surface area contributed by atoms with Gasteiger partial charge in [-0.05, 0) is 42.8 Å². The van der Waals surface area contributed by atoms with Crippen molar-refractivity contribution in [1.82, 2.24) is 19.1 Å². The summed E-state index contributed by atoms with van der Waals surface area (Å²) < 4.78 is 8.83. The van der Waals surface area contributed by atoms with Crippen LogP contribution in [0.3, 0.4) is 0 Å². The molecule has 148 valence electrons. The highest BCUT2D eigenvalue weighted by atomic mass is 16.5. The number of benzene rings is 2. The molecule has 3 aromatic heterocycles. The lowest BCUT2D eigenvalue weighted by atomic mass is 10.0. The van der Waals surface area contributed by atoms with Gasteiger partial charge < -0.3 is 4.74 Å². The topological polar surface area (TPSA) is 61.9 Å². The maximum atomic E-state index is 13.1. The Morgan fingerprint density at radius 1 is 0.933 bits per heavy atom. The van der Waals surface area contributed by atoms with Crippen molar-refractivity contribution < 1.29 is 4.74 Å². The molecule has 2 aromatic carbocycles. The molecule has 0 aliphatic rings. The zero-order valence-electron chi connectivity index (χ0n) is 16.7. The molecular formula is C24H20N4O2. The number of hydrogen-bond acceptors (Lipinski definition) is 4. The Kier molecular flexibility index (Phi) is 4.32. The fraction of sp³-hybridized carbons (Fsp3) is 0.125. The van der Waals surface area contributed by atoms with Gasteiger partial charge >= 0.3 is 5.69 Å². The van der Waals surface area contributed by atoms with E-state index >= 15 is 0 Å². The Morgan fingerprint density at radius 2 is 1.73 bits per heavy atom. The maximum absolute atomic E-state index is 13.1. The van der Waals surface area contributed by atoms with E-state index in [1.165, 1.54) is 0 Å². The molecule has 0 atom stereocenters. The van der Waals surface area contributed by atoms with Gasteiger partial charge in [0.05, 0.1) is 35.0 Å². The molecule has 0 N–H and O–H groups in total. The first-order chi connectivity index (χ1) is 14.7. The van der Waals surface area contributed by atoms with Gasteiger partial charge in [-0.1, -0.05) is 24.3 Å². The third-order valence-corrected chi connectivity index (χ3v) is 5.26. The van der Waals surface area contributed by atoms with Crippen LogP contribution in [-0.2, 0) is 7.05 Å². The first-order valence-corrected chi connectivity index (χ1v) is 9.82. The number of nitrogens with zero attached hydrogens (tertiary/aromatic N) is 4. The van der Waals surface area contributed by atoms with Gasteiger partial charge in [0.25, 0.3) is 0 Å². The number of ether oxygens (including phenoxy) is 1. The van der Waals surface area contributed by atoms with Gasteiger partial charge in [-0.2, -0.15) is 0 Å². The lowest BCUT2D eigenvalue weighted by molar-refractivity contribution is 0.327. The van der Waals surface area contributed by atoms with Crippen LogP contribution < -0.4 is 10.4 Å². The first-order valence-electron chi connectivity index (χ1n) is 9.82. The van der Waals surface area contributed by atoms with Crippen LogP contribution in [-0.4, -0.2) is 25.7 Å². The second-order valence-electron chi connectivity index (χ2n) is 7.05. The molecule has 0 fully saturated rings. The van der Waals surface area contributed by atoms with Crippen molar-refractivity contribution in [2.75, 3.05) is 6.61 Å². The normalized spacial score (nSPS) is 11.3. The van der Waals surface area contributed by atoms with E-state index in [0.717, 1.165) is 38.8 Å². The maximum Gasteiger partial charge on any atom is 0.333 e. The quantitative estimate of drug-likeness (QED) is 0.453. The summed E-state index contributed by atoms with van der Waals surface area (Å²) in [5.74, 6) is 0.604. The molecular weight excluding hydrogens is 376 g/mol. The van der Waals surface area contributed by atoms with Crippen molar-refractivity contribution in [3.8, 4) is 22.7 Å². The Balaban J connectivity index is 1.78. The molecule has 0 aliphatic carbocycles. The van der Waals surface area contributed by atoms with E-state index in [4.69, 9.17) is 4.74 Å². The largest absolute Gasteiger partial charge is 0.478 e. The molecule has 0 saturated heterocycles. The Hall–Kier alpha value is -3.93. The number of rotatable bonds is 4. The van der Waals surface area contributed by atoms with Gasteiger partial charge in [-0.25, -0.2) is 9.78 Å². The molecule has 6 nitrogen and oxygen atoms in total. The van der Waals surface area contributed by atoms with Crippen LogP contribution >= 0.6 is 0 Å². The van der Waals surface area contributed by atoms with Gasteiger partial charge in [0.1, 0.15) is 0 Å². The molecule has 0 unspecified atom stereocenters. The summed E-state index contributed by atoms with van der Waals surface area (Å²) in [6.45, 7) is 2.51. The molecule has 5 rings (SSSR count). The molecule has 0 bridgehead atoms. The molecule has 0 amide bonds. The van der Waals surface area contributed by atoms with Crippen LogP contribution in [0.1, 0.15) is 6.92 Å². The van der Waals surface area contributed by atoms with E-state index in [2.05, 4.69) is 16.0 Å². The average molecular weight is 396 g/mol. The molecule has 0 radical (unpaired) electrons. The highest BCUT2D eigenvalue weighted by Crippen LogP contribution is 2.29. The molecule has 3 heterocycles. The number of imidazole rings is 1. The number of aromatic nitrogens is 4. The fourth-order valence-electron chi connectivity index (χ4n) is 3.78. The number of hydrogen-bond donors (Lipinski definition) is 0. The summed E-state index contributed by atoms with van der Waals surface area (Å²) in [5, 5.41) is 0.917. The predicted molar refractivity (Wildman–Crippen MR) is 118 cm³/mol. The molecule has 6 heteroatoms. The number of pyridine rings is 2. The van der Waals surface area contributed by atoms with E-state index in [9.17, 15) is 4.79 Å². The van der Waals surface area contributed by atoms with Crippen molar-refractivity contribution >= 4 is 21.9 Å². The second-order valence-corrected chi connectivity index (χ2v) is 7.05. The van der Waals surface area contributed by atoms with Gasteiger partial charge in [0, 0.05) is 30.3 Å². The van der Waals surface area contributed by atoms with Gasteiger partial charge in [-0.15, -0.1) is 0 Å². The lowest BCUT2D eigenvalue weighted by Crippen LogP contribution is -2.20. The summed E-state index contributed by atoms with van der Waals surface area (Å²) in [4.78, 5) is 22.0. The summed E-state index contributed by atoms with van der Waals surface area (Å²) >= 11 is 0. The lowest BCUT2D eigenvalue weighted by Gasteiger charge is -2.08. The van der Waals surface area contributed by atoms with Crippen LogP contribution in [0.2, 0.25) is 0 Å². The zero-order valence-corrected chi connectivity index (χ0v) is 16.7. The van der Waals surface area contributed by atoms with Crippen LogP contribution in [0.5, 0.6) is 5.88 Å². The molecule has 0 spiro atoms. The van der Waals surface area contributed by atoms with E-state index in [0.29, 0.717) is 12.5 Å². The Labute approximate surface area is 173 Å². The van der Waals surface area contributed by atoms with Gasteiger partial charge in [-0.3, -0.25) is 14.1 Å². The van der Waals surface area contributed by atoms with Crippen LogP contribution in [0, 0.1) is 0 Å². The second kappa shape index (κ2) is 7.15. The third kappa shape index (κ3) is 2.85. The number of aryl methyl sites for hydroxylation is 1. The molecule has 0 aliphatic heterocycles. The minimum Gasteiger partial charge on any atom is -0.478 e. The molecule has 30 heavy (non-hydrogen) atoms. The summed E-state index contributed by atoms with van der Waals surface area (Å²) in [6.07, 6.45) is 3.56. The van der Waals surface area contributed by atoms with E-state index in [1.54, 1.807) is 28.6 Å². The Bertz CT molecular complexity index is 1420. The van der Waals surface area contributed by atoms with Crippen molar-refractivity contribution in [2.24, 2.45) is 7.05 Å². The Morgan fingerprint density at radius 3 is 2.47 bits per heavy atom. The minimum absolute atomic E-state index is 0.0985. The van der Waals surface area contributed by atoms with Crippen molar-refractivity contribution in [3.05, 3.63) is 83.5 Å². The number of para-hydroxylation sites is 1. The predicted octanol–water partition coefficient (Wildman–Crippen LogP) is 4.34. The van der Waals surface area contributed by atoms with Crippen molar-refractivity contribution in [1.29, 1.82) is 0 Å². The first kappa shape index (κ1) is 18.1. The summed E-state index contributed by atoms with van der Waals surface area (Å²) in [6, 6.07) is 19.6. The highest BCUT2D eigenvalue weighted by Gasteiger charge is 2.16. The number of fused-ring (bicyclic) bond motifs is 3. The van der Waals surface area contributed by atoms with E-state index in [1.807, 2.05) is 61.5 Å². The monoisotopic (exact) mass is 396 g/mol. The summed E-state index contributed by atoms with van der Waals surface area (Å²) in [5.41, 5.74) is 5.18. The van der Waals surface area contributed by atoms with Gasteiger partial charge in [0.2, 0.25) is 5.88 Å². The van der Waals surface area contributed by atoms with E-state index in [-0.39, 0.29) is 5.69 Å². The van der Waals surface area contributed by atoms with Crippen LogP contribution in [0.4, 0.5) is 0 Å². The average Bonchev–Trinajstić information content (AvgIpc) is 3.05. The molecule has 5 aromatic rings. The van der Waals surface area contributed by atoms with Gasteiger partial charge in [0.15, 0.2) is 0 Å². The molecule has 0 saturated carbocycles. The van der Waals surface area contributed by atoms with Crippen LogP contribution in [0.25, 0.3) is 38.8 Å². The van der Waals surface area contributed by atoms with Crippen molar-refractivity contribution in [3.63, 3.8) is 0 Å². The standard InChI is InChI=1S/C24H20N4O2/c1-3-30-22-12-10-17(14-26-22)16-9-11-20-19(13-16)23-21(15-25-20)27(2)24(29)28(23)18-7-5-4-6-8-18/h4-15H,3H2,1-2H3. The minimum atomic E-state index is -0.0985. The highest BCUT2D eigenvalue weighted by molar-refractivity contribution is 6.04. The smallest absolute Gasteiger partial charge is 0.333 e. The SMILES string of the molecule is CCOc1ccc(-c2ccc3ncc4c(c3c2)n(-c2ccccc2)c(=O)n4C)cn1. The van der Waals surface area contributed by atoms with Crippen molar-refractivity contribution in [2.45, 2.75) is 6.92 Å². The zero-order chi connectivity index (χ0) is 20.7. The fourth-order valence-corrected chi connectivity index (χ4v) is 3.78. The third-order valence-electron chi connectivity index (χ3n) is 5.26.